The van der Waals surface area contributed by atoms with Crippen LogP contribution in [0.5, 0.6) is 0 Å². The summed E-state index contributed by atoms with van der Waals surface area (Å²) in [5.74, 6) is 0. The standard InChI is InChI=1S/C21H17N/c1-2-8-16(9-3-1)15-22-21-19-12-6-4-10-17(19)14-18-11-5-7-13-20(18)21/h1-14,22H,15H2. The molecule has 0 aliphatic carbocycles. The number of hydrogen-bond acceptors (Lipinski definition) is 1. The summed E-state index contributed by atoms with van der Waals surface area (Å²) in [4.78, 5) is 0. The Kier molecular flexibility index (Phi) is 3.24. The van der Waals surface area contributed by atoms with Crippen LogP contribution in [0.3, 0.4) is 0 Å². The molecule has 4 rings (SSSR count). The maximum atomic E-state index is 3.65. The molecule has 0 spiro atoms. The predicted octanol–water partition coefficient (Wildman–Crippen LogP) is 5.61. The first-order valence-electron chi connectivity index (χ1n) is 7.60. The second-order valence-corrected chi connectivity index (χ2v) is 5.53. The van der Waals surface area contributed by atoms with Gasteiger partial charge in [-0.3, -0.25) is 0 Å². The summed E-state index contributed by atoms with van der Waals surface area (Å²) >= 11 is 0. The van der Waals surface area contributed by atoms with Crippen molar-refractivity contribution in [1.82, 2.24) is 0 Å². The van der Waals surface area contributed by atoms with Crippen molar-refractivity contribution < 1.29 is 0 Å². The van der Waals surface area contributed by atoms with Gasteiger partial charge >= 0.3 is 0 Å². The van der Waals surface area contributed by atoms with Gasteiger partial charge in [0.15, 0.2) is 0 Å². The average Bonchev–Trinajstić information content (AvgIpc) is 2.59. The van der Waals surface area contributed by atoms with Crippen LogP contribution in [0, 0.1) is 0 Å². The normalized spacial score (nSPS) is 10.9. The lowest BCUT2D eigenvalue weighted by Gasteiger charge is -2.14. The third kappa shape index (κ3) is 2.31. The molecular formula is C21H17N. The second kappa shape index (κ2) is 5.53. The Labute approximate surface area is 130 Å². The first-order valence-corrected chi connectivity index (χ1v) is 7.60. The fourth-order valence-electron chi connectivity index (χ4n) is 2.99. The lowest BCUT2D eigenvalue weighted by atomic mass is 10.0. The number of anilines is 1. The molecule has 1 heteroatoms. The van der Waals surface area contributed by atoms with Gasteiger partial charge in [-0.05, 0) is 22.4 Å². The van der Waals surface area contributed by atoms with E-state index in [1.54, 1.807) is 0 Å². The van der Waals surface area contributed by atoms with E-state index in [1.807, 2.05) is 0 Å². The molecule has 0 aromatic heterocycles. The fourth-order valence-corrected chi connectivity index (χ4v) is 2.99. The Morgan fingerprint density at radius 1 is 0.591 bits per heavy atom. The topological polar surface area (TPSA) is 12.0 Å². The maximum absolute atomic E-state index is 3.65. The third-order valence-electron chi connectivity index (χ3n) is 4.08. The van der Waals surface area contributed by atoms with Crippen molar-refractivity contribution in [3.63, 3.8) is 0 Å². The Hall–Kier alpha value is -2.80. The molecule has 0 aliphatic heterocycles. The molecule has 106 valence electrons. The Bertz CT molecular complexity index is 872. The molecule has 4 aromatic carbocycles. The molecular weight excluding hydrogens is 266 g/mol. The van der Waals surface area contributed by atoms with E-state index in [2.05, 4.69) is 90.2 Å². The smallest absolute Gasteiger partial charge is 0.0502 e. The molecule has 0 atom stereocenters. The number of hydrogen-bond donors (Lipinski definition) is 1. The zero-order valence-corrected chi connectivity index (χ0v) is 12.3. The van der Waals surface area contributed by atoms with E-state index in [4.69, 9.17) is 0 Å². The molecule has 1 N–H and O–H groups in total. The summed E-state index contributed by atoms with van der Waals surface area (Å²) in [6, 6.07) is 29.9. The van der Waals surface area contributed by atoms with Gasteiger partial charge in [-0.15, -0.1) is 0 Å². The van der Waals surface area contributed by atoms with Crippen molar-refractivity contribution >= 4 is 27.2 Å². The summed E-state index contributed by atoms with van der Waals surface area (Å²) in [5, 5.41) is 8.75. The van der Waals surface area contributed by atoms with Gasteiger partial charge in [-0.1, -0.05) is 78.9 Å². The summed E-state index contributed by atoms with van der Waals surface area (Å²) in [6.45, 7) is 0.832. The Morgan fingerprint density at radius 2 is 1.14 bits per heavy atom. The van der Waals surface area contributed by atoms with Crippen molar-refractivity contribution in [1.29, 1.82) is 0 Å². The van der Waals surface area contributed by atoms with Crippen LogP contribution in [0.1, 0.15) is 5.56 Å². The number of fused-ring (bicyclic) bond motifs is 2. The first kappa shape index (κ1) is 12.9. The highest BCUT2D eigenvalue weighted by molar-refractivity contribution is 6.10. The van der Waals surface area contributed by atoms with Gasteiger partial charge in [-0.2, -0.15) is 0 Å². The van der Waals surface area contributed by atoms with Crippen LogP contribution in [0.4, 0.5) is 5.69 Å². The summed E-state index contributed by atoms with van der Waals surface area (Å²) in [5.41, 5.74) is 2.51. The van der Waals surface area contributed by atoms with Crippen LogP contribution in [0.15, 0.2) is 84.9 Å². The van der Waals surface area contributed by atoms with Crippen LogP contribution in [-0.4, -0.2) is 0 Å². The second-order valence-electron chi connectivity index (χ2n) is 5.53. The van der Waals surface area contributed by atoms with E-state index in [0.717, 1.165) is 6.54 Å². The minimum Gasteiger partial charge on any atom is -0.380 e. The van der Waals surface area contributed by atoms with Gasteiger partial charge in [0.2, 0.25) is 0 Å². The number of nitrogens with one attached hydrogen (secondary N) is 1. The zero-order valence-electron chi connectivity index (χ0n) is 12.3. The lowest BCUT2D eigenvalue weighted by Crippen LogP contribution is -2.00. The van der Waals surface area contributed by atoms with Crippen molar-refractivity contribution in [2.24, 2.45) is 0 Å². The Balaban J connectivity index is 1.85. The van der Waals surface area contributed by atoms with E-state index >= 15 is 0 Å². The predicted molar refractivity (Wildman–Crippen MR) is 95.2 cm³/mol. The van der Waals surface area contributed by atoms with E-state index in [0.29, 0.717) is 0 Å². The molecule has 22 heavy (non-hydrogen) atoms. The van der Waals surface area contributed by atoms with Gasteiger partial charge in [0, 0.05) is 17.3 Å². The van der Waals surface area contributed by atoms with Crippen molar-refractivity contribution in [3.05, 3.63) is 90.5 Å². The van der Waals surface area contributed by atoms with Crippen molar-refractivity contribution in [3.8, 4) is 0 Å². The van der Waals surface area contributed by atoms with E-state index < -0.39 is 0 Å². The van der Waals surface area contributed by atoms with Gasteiger partial charge in [0.25, 0.3) is 0 Å². The molecule has 1 nitrogen and oxygen atoms in total. The highest BCUT2D eigenvalue weighted by Crippen LogP contribution is 2.33. The molecule has 0 bridgehead atoms. The monoisotopic (exact) mass is 283 g/mol. The van der Waals surface area contributed by atoms with Crippen LogP contribution in [-0.2, 0) is 6.54 Å². The third-order valence-corrected chi connectivity index (χ3v) is 4.08. The first-order chi connectivity index (χ1) is 10.9. The Morgan fingerprint density at radius 3 is 1.77 bits per heavy atom. The average molecular weight is 283 g/mol. The van der Waals surface area contributed by atoms with E-state index in [1.165, 1.54) is 32.8 Å². The number of benzene rings is 4. The number of rotatable bonds is 3. The van der Waals surface area contributed by atoms with Crippen LogP contribution < -0.4 is 5.32 Å². The molecule has 0 saturated carbocycles. The van der Waals surface area contributed by atoms with Crippen molar-refractivity contribution in [2.45, 2.75) is 6.54 Å². The molecule has 0 aliphatic rings. The van der Waals surface area contributed by atoms with Crippen LogP contribution >= 0.6 is 0 Å². The molecule has 0 amide bonds. The fraction of sp³-hybridized carbons (Fsp3) is 0.0476. The minimum atomic E-state index is 0.832. The SMILES string of the molecule is c1ccc(CNc2c3ccccc3cc3ccccc23)cc1. The van der Waals surface area contributed by atoms with Gasteiger partial charge < -0.3 is 5.32 Å². The zero-order chi connectivity index (χ0) is 14.8. The summed E-state index contributed by atoms with van der Waals surface area (Å²) in [7, 11) is 0. The molecule has 0 saturated heterocycles. The van der Waals surface area contributed by atoms with Crippen molar-refractivity contribution in [2.75, 3.05) is 5.32 Å². The lowest BCUT2D eigenvalue weighted by molar-refractivity contribution is 1.16. The highest BCUT2D eigenvalue weighted by Gasteiger charge is 2.06. The largest absolute Gasteiger partial charge is 0.380 e. The van der Waals surface area contributed by atoms with Gasteiger partial charge in [0.05, 0.1) is 5.69 Å². The van der Waals surface area contributed by atoms with Crippen LogP contribution in [0.2, 0.25) is 0 Å². The maximum Gasteiger partial charge on any atom is 0.0502 e. The van der Waals surface area contributed by atoms with Gasteiger partial charge in [-0.25, -0.2) is 0 Å². The minimum absolute atomic E-state index is 0.832. The summed E-state index contributed by atoms with van der Waals surface area (Å²) < 4.78 is 0. The van der Waals surface area contributed by atoms with Crippen LogP contribution in [0.25, 0.3) is 21.5 Å². The summed E-state index contributed by atoms with van der Waals surface area (Å²) in [6.07, 6.45) is 0. The van der Waals surface area contributed by atoms with E-state index in [9.17, 15) is 0 Å². The molecule has 4 aromatic rings. The molecule has 0 heterocycles. The van der Waals surface area contributed by atoms with Gasteiger partial charge in [0.1, 0.15) is 0 Å². The molecule has 0 fully saturated rings. The molecule has 0 unspecified atom stereocenters. The van der Waals surface area contributed by atoms with E-state index in [-0.39, 0.29) is 0 Å². The molecule has 0 radical (unpaired) electrons. The highest BCUT2D eigenvalue weighted by atomic mass is 14.9. The quantitative estimate of drug-likeness (QED) is 0.482.